The largest absolute Gasteiger partial charge is 0.497 e. The van der Waals surface area contributed by atoms with Gasteiger partial charge in [-0.3, -0.25) is 0 Å². The van der Waals surface area contributed by atoms with Crippen LogP contribution in [0.5, 0.6) is 11.5 Å². The van der Waals surface area contributed by atoms with Crippen molar-refractivity contribution in [1.82, 2.24) is 4.98 Å². The van der Waals surface area contributed by atoms with E-state index in [2.05, 4.69) is 74.1 Å². The molecule has 1 aliphatic rings. The summed E-state index contributed by atoms with van der Waals surface area (Å²) in [6.07, 6.45) is 17.1. The zero-order valence-electron chi connectivity index (χ0n) is 69.5. The molecule has 1 aromatic heterocycles. The summed E-state index contributed by atoms with van der Waals surface area (Å²) in [6, 6.07) is 57.6. The van der Waals surface area contributed by atoms with Crippen LogP contribution in [0.25, 0.3) is 10.9 Å². The number of aryl methyl sites for hydroxylation is 1. The average molecular weight is 1650 g/mol. The molecule has 32 N–H and O–H groups in total. The first-order chi connectivity index (χ1) is 55.6. The van der Waals surface area contributed by atoms with Crippen LogP contribution in [0.4, 0.5) is 13.2 Å². The molecule has 0 unspecified atom stereocenters. The molecule has 648 valence electrons. The Hall–Kier alpha value is -7.49. The number of aliphatic hydroxyl groups is 2. The topological polar surface area (TPSA) is 478 Å². The molecule has 0 spiro atoms. The van der Waals surface area contributed by atoms with Crippen LogP contribution in [-0.4, -0.2) is 114 Å². The van der Waals surface area contributed by atoms with Gasteiger partial charge in [-0.15, -0.1) is 0 Å². The van der Waals surface area contributed by atoms with Gasteiger partial charge in [0, 0.05) is 104 Å². The highest BCUT2D eigenvalue weighted by molar-refractivity contribution is 6.30. The number of nitrogens with one attached hydrogen (secondary N) is 1. The molecule has 1 fully saturated rings. The minimum atomic E-state index is -0.583. The lowest BCUT2D eigenvalue weighted by molar-refractivity contribution is -0.106. The first kappa shape index (κ1) is 114. The van der Waals surface area contributed by atoms with E-state index in [0.29, 0.717) is 68.7 Å². The number of aromatic amines is 1. The van der Waals surface area contributed by atoms with E-state index in [0.717, 1.165) is 134 Å². The highest BCUT2D eigenvalue weighted by Gasteiger charge is 2.08. The SMILES string of the molecule is CC(C)CCN.CCCN.COC(CCCN)OC.COc1cc(CN)ccc1CO.COc1cccc(CN)c1.NC1CCCC1.NCCCCO.NCCCc1ccccc1.NCCc1c[nH]c2ccccc12.NCCc1cccc(Cl)c1.NCc1cc(F)cc(F)c1.NCc1cccc(Cl)c1.NCc1ccccc1F.NO. The fourth-order valence-corrected chi connectivity index (χ4v) is 9.80. The van der Waals surface area contributed by atoms with Crippen LogP contribution in [-0.2, 0) is 68.1 Å². The number of unbranched alkanes of at least 4 members (excludes halogenated alkanes) is 1. The van der Waals surface area contributed by atoms with E-state index in [1.807, 2.05) is 109 Å². The first-order valence-electron chi connectivity index (χ1n) is 38.8. The number of fused-ring (bicyclic) bond motifs is 1. The maximum atomic E-state index is 12.5. The predicted octanol–water partition coefficient (Wildman–Crippen LogP) is 13.0. The summed E-state index contributed by atoms with van der Waals surface area (Å²) in [6.45, 7) is 13.9. The van der Waals surface area contributed by atoms with Gasteiger partial charge in [0.15, 0.2) is 6.29 Å². The third-order valence-corrected chi connectivity index (χ3v) is 16.2. The van der Waals surface area contributed by atoms with Crippen molar-refractivity contribution in [1.29, 1.82) is 0 Å². The number of halogens is 5. The van der Waals surface area contributed by atoms with E-state index >= 15 is 0 Å². The van der Waals surface area contributed by atoms with E-state index < -0.39 is 11.6 Å². The average Bonchev–Trinajstić information content (AvgIpc) is 1.68. The zero-order chi connectivity index (χ0) is 87.1. The Balaban J connectivity index is -0.000000584. The molecule has 10 rings (SSSR count). The van der Waals surface area contributed by atoms with Crippen LogP contribution in [0.15, 0.2) is 194 Å². The monoisotopic (exact) mass is 1650 g/mol. The van der Waals surface area contributed by atoms with Crippen LogP contribution >= 0.6 is 23.2 Å². The van der Waals surface area contributed by atoms with Crippen LogP contribution in [0.1, 0.15) is 141 Å². The van der Waals surface area contributed by atoms with Crippen LogP contribution < -0.4 is 89.9 Å². The number of rotatable bonds is 26. The molecular formula is C88H144Cl2F3N15O7. The Morgan fingerprint density at radius 1 is 0.443 bits per heavy atom. The molecule has 1 aliphatic carbocycles. The second-order valence-corrected chi connectivity index (χ2v) is 26.3. The molecule has 9 aromatic rings. The molecule has 115 heavy (non-hydrogen) atoms. The third-order valence-electron chi connectivity index (χ3n) is 15.7. The molecule has 1 heterocycles. The lowest BCUT2D eigenvalue weighted by atomic mass is 10.1. The van der Waals surface area contributed by atoms with Crippen molar-refractivity contribution in [2.75, 3.05) is 80.9 Å². The lowest BCUT2D eigenvalue weighted by Crippen LogP contribution is -2.14. The summed E-state index contributed by atoms with van der Waals surface area (Å²) in [5.74, 6) is 4.44. The van der Waals surface area contributed by atoms with Crippen LogP contribution in [0, 0.1) is 23.4 Å². The third kappa shape index (κ3) is 64.3. The summed E-state index contributed by atoms with van der Waals surface area (Å²) in [5, 5.41) is 26.4. The minimum absolute atomic E-state index is 0.00593. The number of benzene rings is 8. The van der Waals surface area contributed by atoms with Crippen LogP contribution in [0.2, 0.25) is 10.0 Å². The number of methoxy groups -OCH3 is 4. The zero-order valence-corrected chi connectivity index (χ0v) is 71.0. The standard InChI is InChI=1S/C10H12N2.C9H13NO2.C9H13N.C8H10ClN.C8H11NO.C7H8ClN.C7H7F2N.C7H8FN.C6H15NO2.C5H11N.C5H13N.C4H11NO.C3H9N.H3NO/c11-6-5-8-7-12-10-4-2-1-3-9(8)10;1-12-9-4-7(5-10)2-3-8(9)6-11;10-8-4-7-9-5-2-1-3-6-9;9-8-3-1-2-7(6-8)4-5-10;1-10-8-4-2-3-7(5-8)6-9;8-7-3-1-2-6(4-7)5-9;8-6-1-5(4-10)2-7(9)3-6;8-7-4-2-1-3-6(7)5-9;1-8-6(9-2)4-3-5-7;6-5-3-1-2-4-5;1-5(2)3-4-6;5-3-1-2-4-6;1-2-3-4;1-2/h1-4,7,12H,5-6,11H2;2-4,11H,5-6,10H2,1H3;1-3,5-6H,4,7-8,10H2;1-3,6H,4-5,10H2;2-5H,6,9H2,1H3;1-4H,5,9H2;1-3H,4,10H2;1-4H,5,9H2;6H,3-5,7H2,1-2H3;5H,1-4,6H2;5H,3-4,6H2,1-2H3;6H,1-5H2;2-4H2,1H3;2H,1H2. The summed E-state index contributed by atoms with van der Waals surface area (Å²) in [4.78, 5) is 3.22. The Labute approximate surface area is 695 Å². The van der Waals surface area contributed by atoms with Crippen molar-refractivity contribution in [3.8, 4) is 11.5 Å². The van der Waals surface area contributed by atoms with Gasteiger partial charge in [0.05, 0.1) is 20.8 Å². The van der Waals surface area contributed by atoms with Gasteiger partial charge in [0.1, 0.15) is 29.0 Å². The molecule has 0 bridgehead atoms. The van der Waals surface area contributed by atoms with Gasteiger partial charge in [0.25, 0.3) is 0 Å². The minimum Gasteiger partial charge on any atom is -0.497 e. The summed E-state index contributed by atoms with van der Waals surface area (Å²) >= 11 is 11.4. The fraction of sp³-hybridized carbons (Fsp3) is 0.432. The number of aromatic nitrogens is 1. The molecule has 22 nitrogen and oxygen atoms in total. The highest BCUT2D eigenvalue weighted by Crippen LogP contribution is 2.21. The van der Waals surface area contributed by atoms with Crippen molar-refractivity contribution in [3.05, 3.63) is 272 Å². The normalized spacial score (nSPS) is 10.5. The first-order valence-corrected chi connectivity index (χ1v) is 39.6. The Morgan fingerprint density at radius 3 is 1.37 bits per heavy atom. The van der Waals surface area contributed by atoms with Crippen molar-refractivity contribution in [3.63, 3.8) is 0 Å². The number of para-hydroxylation sites is 1. The molecule has 0 saturated heterocycles. The number of ether oxygens (including phenoxy) is 4. The Morgan fingerprint density at radius 2 is 0.948 bits per heavy atom. The number of hydrogen-bond donors (Lipinski definition) is 18. The lowest BCUT2D eigenvalue weighted by Gasteiger charge is -2.11. The predicted molar refractivity (Wildman–Crippen MR) is 476 cm³/mol. The quantitative estimate of drug-likeness (QED) is 0.0136. The van der Waals surface area contributed by atoms with E-state index in [9.17, 15) is 13.2 Å². The van der Waals surface area contributed by atoms with E-state index in [1.54, 1.807) is 46.6 Å². The smallest absolute Gasteiger partial charge is 0.156 e. The summed E-state index contributed by atoms with van der Waals surface area (Å²) < 4.78 is 57.1. The fourth-order valence-electron chi connectivity index (χ4n) is 9.37. The van der Waals surface area contributed by atoms with Gasteiger partial charge >= 0.3 is 0 Å². The van der Waals surface area contributed by atoms with Gasteiger partial charge in [-0.25, -0.2) is 19.1 Å². The van der Waals surface area contributed by atoms with Gasteiger partial charge in [-0.1, -0.05) is 172 Å². The Bertz CT molecular complexity index is 3570. The second-order valence-electron chi connectivity index (χ2n) is 25.5. The molecular weight excluding hydrogens is 1510 g/mol. The second kappa shape index (κ2) is 81.6. The molecule has 0 atom stereocenters. The number of hydrogen-bond acceptors (Lipinski definition) is 21. The molecule has 27 heteroatoms. The maximum absolute atomic E-state index is 12.5. The number of aliphatic hydroxyl groups excluding tert-OH is 2. The Kier molecular flexibility index (Phi) is 80.8. The van der Waals surface area contributed by atoms with Gasteiger partial charge in [-0.05, 0) is 234 Å². The van der Waals surface area contributed by atoms with E-state index in [-0.39, 0.29) is 38.4 Å². The molecule has 0 radical (unpaired) electrons. The van der Waals surface area contributed by atoms with Crippen LogP contribution in [0.3, 0.4) is 0 Å². The molecule has 0 amide bonds. The van der Waals surface area contributed by atoms with Crippen molar-refractivity contribution < 1.29 is 47.5 Å². The summed E-state index contributed by atoms with van der Waals surface area (Å²) in [5.41, 5.74) is 79.1. The van der Waals surface area contributed by atoms with Crippen molar-refractivity contribution in [2.24, 2.45) is 86.4 Å². The number of H-pyrrole nitrogens is 1. The van der Waals surface area contributed by atoms with E-state index in [1.165, 1.54) is 71.5 Å². The van der Waals surface area contributed by atoms with Crippen molar-refractivity contribution >= 4 is 34.1 Å². The summed E-state index contributed by atoms with van der Waals surface area (Å²) in [7, 11) is 6.49. The molecule has 8 aromatic carbocycles. The van der Waals surface area contributed by atoms with Gasteiger partial charge < -0.3 is 114 Å². The number of nitrogens with two attached hydrogens (primary N) is 14. The van der Waals surface area contributed by atoms with Gasteiger partial charge in [-0.2, -0.15) is 0 Å². The maximum Gasteiger partial charge on any atom is 0.156 e. The van der Waals surface area contributed by atoms with Crippen molar-refractivity contribution in [2.45, 2.75) is 162 Å². The molecule has 0 aliphatic heterocycles. The van der Waals surface area contributed by atoms with E-state index in [4.69, 9.17) is 132 Å². The van der Waals surface area contributed by atoms with Gasteiger partial charge in [0.2, 0.25) is 0 Å². The molecule has 1 saturated carbocycles. The highest BCUT2D eigenvalue weighted by atomic mass is 35.5.